The number of aromatic amines is 1. The number of H-pyrrole nitrogens is 1. The first-order chi connectivity index (χ1) is 8.58. The molecular weight excluding hydrogens is 237 g/mol. The third kappa shape index (κ3) is 2.45. The number of hydrogen-bond acceptors (Lipinski definition) is 4. The SMILES string of the molecule is CC(NC(=O)c1cc(F)cnc1N)c1cn[nH]c1. The summed E-state index contributed by atoms with van der Waals surface area (Å²) < 4.78 is 13.0. The van der Waals surface area contributed by atoms with E-state index in [4.69, 9.17) is 5.73 Å². The maximum atomic E-state index is 13.0. The highest BCUT2D eigenvalue weighted by Crippen LogP contribution is 2.14. The van der Waals surface area contributed by atoms with E-state index in [0.29, 0.717) is 0 Å². The molecule has 0 fully saturated rings. The number of nitrogens with zero attached hydrogens (tertiary/aromatic N) is 2. The van der Waals surface area contributed by atoms with Crippen LogP contribution in [0.5, 0.6) is 0 Å². The number of halogens is 1. The number of aromatic nitrogens is 3. The van der Waals surface area contributed by atoms with E-state index in [0.717, 1.165) is 17.8 Å². The van der Waals surface area contributed by atoms with Crippen LogP contribution in [0.1, 0.15) is 28.9 Å². The minimum atomic E-state index is -0.606. The van der Waals surface area contributed by atoms with Gasteiger partial charge in [0.15, 0.2) is 0 Å². The number of amides is 1. The van der Waals surface area contributed by atoms with E-state index >= 15 is 0 Å². The minimum absolute atomic E-state index is 0.00621. The van der Waals surface area contributed by atoms with Crippen LogP contribution in [0.4, 0.5) is 10.2 Å². The van der Waals surface area contributed by atoms with E-state index in [9.17, 15) is 9.18 Å². The molecule has 0 aliphatic heterocycles. The van der Waals surface area contributed by atoms with Crippen LogP contribution in [-0.4, -0.2) is 21.1 Å². The molecule has 0 aromatic carbocycles. The number of nitrogens with two attached hydrogens (primary N) is 1. The van der Waals surface area contributed by atoms with Gasteiger partial charge >= 0.3 is 0 Å². The first kappa shape index (κ1) is 12.0. The lowest BCUT2D eigenvalue weighted by Gasteiger charge is -2.12. The van der Waals surface area contributed by atoms with Gasteiger partial charge in [-0.2, -0.15) is 5.10 Å². The first-order valence-corrected chi connectivity index (χ1v) is 5.28. The second-order valence-electron chi connectivity index (χ2n) is 3.81. The Bertz CT molecular complexity index is 555. The van der Waals surface area contributed by atoms with Gasteiger partial charge in [0.1, 0.15) is 11.6 Å². The van der Waals surface area contributed by atoms with Crippen molar-refractivity contribution >= 4 is 11.7 Å². The van der Waals surface area contributed by atoms with E-state index in [1.54, 1.807) is 19.3 Å². The number of rotatable bonds is 3. The summed E-state index contributed by atoms with van der Waals surface area (Å²) in [5.74, 6) is -1.09. The summed E-state index contributed by atoms with van der Waals surface area (Å²) in [6, 6.07) is 0.790. The zero-order chi connectivity index (χ0) is 13.1. The zero-order valence-electron chi connectivity index (χ0n) is 9.64. The molecule has 0 radical (unpaired) electrons. The highest BCUT2D eigenvalue weighted by molar-refractivity contribution is 5.98. The summed E-state index contributed by atoms with van der Waals surface area (Å²) in [5, 5.41) is 9.11. The molecule has 7 heteroatoms. The zero-order valence-corrected chi connectivity index (χ0v) is 9.64. The highest BCUT2D eigenvalue weighted by Gasteiger charge is 2.15. The first-order valence-electron chi connectivity index (χ1n) is 5.28. The van der Waals surface area contributed by atoms with E-state index in [2.05, 4.69) is 20.5 Å². The number of pyridine rings is 1. The minimum Gasteiger partial charge on any atom is -0.383 e. The van der Waals surface area contributed by atoms with E-state index in [-0.39, 0.29) is 17.4 Å². The van der Waals surface area contributed by atoms with Crippen molar-refractivity contribution in [2.45, 2.75) is 13.0 Å². The Morgan fingerprint density at radius 1 is 1.56 bits per heavy atom. The highest BCUT2D eigenvalue weighted by atomic mass is 19.1. The molecule has 2 rings (SSSR count). The average molecular weight is 249 g/mol. The molecule has 4 N–H and O–H groups in total. The normalized spacial score (nSPS) is 12.1. The van der Waals surface area contributed by atoms with Crippen molar-refractivity contribution in [3.05, 3.63) is 41.6 Å². The summed E-state index contributed by atoms with van der Waals surface area (Å²) in [6.45, 7) is 1.78. The van der Waals surface area contributed by atoms with Crippen LogP contribution in [0.2, 0.25) is 0 Å². The number of nitrogens with one attached hydrogen (secondary N) is 2. The average Bonchev–Trinajstić information content (AvgIpc) is 2.85. The largest absolute Gasteiger partial charge is 0.383 e. The van der Waals surface area contributed by atoms with Gasteiger partial charge in [-0.15, -0.1) is 0 Å². The molecule has 0 saturated carbocycles. The van der Waals surface area contributed by atoms with Crippen molar-refractivity contribution in [3.8, 4) is 0 Å². The Morgan fingerprint density at radius 3 is 3.00 bits per heavy atom. The number of nitrogen functional groups attached to an aromatic ring is 1. The molecule has 0 bridgehead atoms. The van der Waals surface area contributed by atoms with Gasteiger partial charge in [0.2, 0.25) is 0 Å². The lowest BCUT2D eigenvalue weighted by molar-refractivity contribution is 0.0940. The molecule has 1 atom stereocenters. The summed E-state index contributed by atoms with van der Waals surface area (Å²) >= 11 is 0. The van der Waals surface area contributed by atoms with Crippen LogP contribution in [0.25, 0.3) is 0 Å². The maximum Gasteiger partial charge on any atom is 0.255 e. The Kier molecular flexibility index (Phi) is 3.22. The standard InChI is InChI=1S/C11H12FN5O/c1-6(7-3-15-16-4-7)17-11(18)9-2-8(12)5-14-10(9)13/h2-6H,1H3,(H2,13,14)(H,15,16)(H,17,18). The van der Waals surface area contributed by atoms with E-state index in [1.807, 2.05) is 0 Å². The molecular formula is C11H12FN5O. The molecule has 0 aliphatic rings. The fraction of sp³-hybridized carbons (Fsp3) is 0.182. The molecule has 18 heavy (non-hydrogen) atoms. The molecule has 1 unspecified atom stereocenters. The second-order valence-corrected chi connectivity index (χ2v) is 3.81. The van der Waals surface area contributed by atoms with Crippen LogP contribution in [0, 0.1) is 5.82 Å². The lowest BCUT2D eigenvalue weighted by Crippen LogP contribution is -2.27. The lowest BCUT2D eigenvalue weighted by atomic mass is 10.1. The number of hydrogen-bond donors (Lipinski definition) is 3. The van der Waals surface area contributed by atoms with Gasteiger partial charge in [0.25, 0.3) is 5.91 Å². The third-order valence-electron chi connectivity index (χ3n) is 2.50. The van der Waals surface area contributed by atoms with Gasteiger partial charge < -0.3 is 11.1 Å². The van der Waals surface area contributed by atoms with Crippen molar-refractivity contribution in [2.24, 2.45) is 0 Å². The van der Waals surface area contributed by atoms with Gasteiger partial charge in [-0.25, -0.2) is 9.37 Å². The van der Waals surface area contributed by atoms with Crippen molar-refractivity contribution in [3.63, 3.8) is 0 Å². The molecule has 0 saturated heterocycles. The molecule has 2 aromatic rings. The van der Waals surface area contributed by atoms with Gasteiger partial charge in [0, 0.05) is 11.8 Å². The molecule has 2 aromatic heterocycles. The van der Waals surface area contributed by atoms with Gasteiger partial charge in [-0.3, -0.25) is 9.89 Å². The Labute approximate surface area is 102 Å². The fourth-order valence-electron chi connectivity index (χ4n) is 1.49. The Morgan fingerprint density at radius 2 is 2.33 bits per heavy atom. The summed E-state index contributed by atoms with van der Waals surface area (Å²) in [6.07, 6.45) is 4.22. The van der Waals surface area contributed by atoms with Crippen LogP contribution in [0.3, 0.4) is 0 Å². The predicted octanol–water partition coefficient (Wildman–Crippen LogP) is 1.02. The van der Waals surface area contributed by atoms with Gasteiger partial charge in [-0.1, -0.05) is 0 Å². The van der Waals surface area contributed by atoms with Crippen molar-refractivity contribution in [1.29, 1.82) is 0 Å². The Hall–Kier alpha value is -2.44. The molecule has 0 spiro atoms. The third-order valence-corrected chi connectivity index (χ3v) is 2.50. The number of carbonyl (C=O) groups excluding carboxylic acids is 1. The summed E-state index contributed by atoms with van der Waals surface area (Å²) in [4.78, 5) is 15.5. The quantitative estimate of drug-likeness (QED) is 0.756. The van der Waals surface area contributed by atoms with Crippen LogP contribution in [0.15, 0.2) is 24.7 Å². The van der Waals surface area contributed by atoms with Crippen molar-refractivity contribution in [1.82, 2.24) is 20.5 Å². The fourth-order valence-corrected chi connectivity index (χ4v) is 1.49. The van der Waals surface area contributed by atoms with Gasteiger partial charge in [-0.05, 0) is 13.0 Å². The number of anilines is 1. The molecule has 2 heterocycles. The van der Waals surface area contributed by atoms with Crippen LogP contribution < -0.4 is 11.1 Å². The summed E-state index contributed by atoms with van der Waals surface area (Å²) in [5.41, 5.74) is 6.36. The number of carbonyl (C=O) groups is 1. The molecule has 0 aliphatic carbocycles. The van der Waals surface area contributed by atoms with E-state index < -0.39 is 11.7 Å². The van der Waals surface area contributed by atoms with E-state index in [1.165, 1.54) is 0 Å². The smallest absolute Gasteiger partial charge is 0.255 e. The van der Waals surface area contributed by atoms with Crippen molar-refractivity contribution < 1.29 is 9.18 Å². The molecule has 94 valence electrons. The molecule has 1 amide bonds. The topological polar surface area (TPSA) is 96.7 Å². The maximum absolute atomic E-state index is 13.0. The Balaban J connectivity index is 2.15. The monoisotopic (exact) mass is 249 g/mol. The predicted molar refractivity (Wildman–Crippen MR) is 63.1 cm³/mol. The van der Waals surface area contributed by atoms with Crippen LogP contribution >= 0.6 is 0 Å². The summed E-state index contributed by atoms with van der Waals surface area (Å²) in [7, 11) is 0. The van der Waals surface area contributed by atoms with Crippen molar-refractivity contribution in [2.75, 3.05) is 5.73 Å². The molecule has 6 nitrogen and oxygen atoms in total. The second kappa shape index (κ2) is 4.82. The van der Waals surface area contributed by atoms with Crippen LogP contribution in [-0.2, 0) is 0 Å². The van der Waals surface area contributed by atoms with Gasteiger partial charge in [0.05, 0.1) is 24.0 Å².